The van der Waals surface area contributed by atoms with Gasteiger partial charge in [-0.25, -0.2) is 0 Å². The van der Waals surface area contributed by atoms with Crippen molar-refractivity contribution in [2.24, 2.45) is 5.41 Å². The zero-order valence-electron chi connectivity index (χ0n) is 34.4. The standard InChI is InChI=1S/C49H52N6O6/c56-37-11-13-39-33(22-37)8-12-38(31-4-2-1-3-5-31)46(39)32-6-9-35(10-7-32)52-18-16-49(17-19-52)29-53(30-49)45(58)27-51-20-21-54-36(26-51)28-61-43-24-40-34(23-42(43)54)25-55(48(40)60)41-14-15-44(57)50-47(41)59/h1-7,9-11,13,22-24,36,38,41,46,56H,8,12,14-21,25-30H2,(H,50,57,59)/t36-,38+,41?,46-/m0/s1. The summed E-state index contributed by atoms with van der Waals surface area (Å²) in [5, 5.41) is 12.6. The lowest BCUT2D eigenvalue weighted by Crippen LogP contribution is -2.64. The first-order chi connectivity index (χ1) is 29.7. The molecule has 4 aromatic carbocycles. The fourth-order valence-corrected chi connectivity index (χ4v) is 11.6. The lowest BCUT2D eigenvalue weighted by atomic mass is 9.69. The van der Waals surface area contributed by atoms with Crippen LogP contribution in [-0.4, -0.2) is 114 Å². The Balaban J connectivity index is 0.679. The van der Waals surface area contributed by atoms with Gasteiger partial charge in [0, 0.05) is 81.4 Å². The number of rotatable bonds is 6. The number of nitrogens with one attached hydrogen (secondary N) is 1. The normalized spacial score (nSPS) is 25.5. The molecule has 6 aliphatic heterocycles. The fraction of sp³-hybridized carbons (Fsp3) is 0.429. The van der Waals surface area contributed by atoms with Crippen LogP contribution in [0.1, 0.15) is 82.1 Å². The molecule has 1 unspecified atom stereocenters. The van der Waals surface area contributed by atoms with E-state index in [0.717, 1.165) is 82.7 Å². The Labute approximate surface area is 356 Å². The maximum Gasteiger partial charge on any atom is 0.255 e. The first-order valence-electron chi connectivity index (χ1n) is 22.1. The van der Waals surface area contributed by atoms with Gasteiger partial charge in [0.25, 0.3) is 5.91 Å². The molecule has 1 aliphatic carbocycles. The van der Waals surface area contributed by atoms with Gasteiger partial charge in [-0.15, -0.1) is 0 Å². The topological polar surface area (TPSA) is 126 Å². The van der Waals surface area contributed by atoms with Gasteiger partial charge in [-0.3, -0.25) is 29.4 Å². The predicted octanol–water partition coefficient (Wildman–Crippen LogP) is 5.03. The smallest absolute Gasteiger partial charge is 0.255 e. The highest BCUT2D eigenvalue weighted by Gasteiger charge is 2.47. The van der Waals surface area contributed by atoms with E-state index in [1.165, 1.54) is 27.9 Å². The molecule has 7 aliphatic rings. The SMILES string of the molecule is O=C1CCC(N2Cc3cc4c(cc3C2=O)OC[C@@H]2CN(CC(=O)N3CC5(CCN(c6ccc([C@@H]7c8ccc(O)cc8CC[C@@H]7c7ccccc7)cc6)CC5)C3)CCN42)C(=O)N1. The van der Waals surface area contributed by atoms with Crippen molar-refractivity contribution in [3.63, 3.8) is 0 Å². The molecule has 1 spiro atoms. The summed E-state index contributed by atoms with van der Waals surface area (Å²) >= 11 is 0. The van der Waals surface area contributed by atoms with Crippen LogP contribution in [0.25, 0.3) is 0 Å². The molecule has 0 bridgehead atoms. The zero-order chi connectivity index (χ0) is 41.4. The summed E-state index contributed by atoms with van der Waals surface area (Å²) in [5.41, 5.74) is 9.07. The number of carbonyl (C=O) groups excluding carboxylic acids is 4. The van der Waals surface area contributed by atoms with Gasteiger partial charge in [0.15, 0.2) is 0 Å². The number of hydrogen-bond donors (Lipinski definition) is 2. The number of carbonyl (C=O) groups is 4. The van der Waals surface area contributed by atoms with Crippen molar-refractivity contribution >= 4 is 35.0 Å². The number of piperazine rings is 1. The Hall–Kier alpha value is -5.88. The number of aromatic hydroxyl groups is 1. The first-order valence-corrected chi connectivity index (χ1v) is 22.1. The third-order valence-electron chi connectivity index (χ3n) is 14.9. The number of benzene rings is 4. The Kier molecular flexibility index (Phi) is 9.32. The van der Waals surface area contributed by atoms with Crippen LogP contribution in [0.3, 0.4) is 0 Å². The van der Waals surface area contributed by atoms with E-state index in [0.29, 0.717) is 49.1 Å². The van der Waals surface area contributed by atoms with Gasteiger partial charge >= 0.3 is 0 Å². The van der Waals surface area contributed by atoms with E-state index >= 15 is 0 Å². The maximum atomic E-state index is 13.6. The molecule has 4 atom stereocenters. The molecule has 4 amide bonds. The minimum absolute atomic E-state index is 0.0924. The maximum absolute atomic E-state index is 13.6. The van der Waals surface area contributed by atoms with Gasteiger partial charge in [0.05, 0.1) is 18.3 Å². The summed E-state index contributed by atoms with van der Waals surface area (Å²) in [6.07, 6.45) is 4.71. The van der Waals surface area contributed by atoms with Gasteiger partial charge in [-0.05, 0) is 102 Å². The lowest BCUT2D eigenvalue weighted by molar-refractivity contribution is -0.146. The number of ether oxygens (including phenoxy) is 1. The average molecular weight is 821 g/mol. The van der Waals surface area contributed by atoms with E-state index in [1.807, 2.05) is 24.3 Å². The van der Waals surface area contributed by atoms with Crippen molar-refractivity contribution in [3.05, 3.63) is 118 Å². The van der Waals surface area contributed by atoms with Crippen molar-refractivity contribution < 1.29 is 29.0 Å². The van der Waals surface area contributed by atoms with Gasteiger partial charge in [0.1, 0.15) is 24.1 Å². The molecule has 0 aromatic heterocycles. The molecule has 12 heteroatoms. The number of aryl methyl sites for hydroxylation is 1. The van der Waals surface area contributed by atoms with Crippen LogP contribution in [0.15, 0.2) is 84.9 Å². The first kappa shape index (κ1) is 38.1. The summed E-state index contributed by atoms with van der Waals surface area (Å²) in [6.45, 7) is 7.07. The Bertz CT molecular complexity index is 2410. The number of piperidine rings is 2. The number of amides is 4. The van der Waals surface area contributed by atoms with Gasteiger partial charge in [-0.1, -0.05) is 48.5 Å². The number of nitrogens with zero attached hydrogens (tertiary/aromatic N) is 5. The van der Waals surface area contributed by atoms with Gasteiger partial charge in [-0.2, -0.15) is 0 Å². The summed E-state index contributed by atoms with van der Waals surface area (Å²) in [4.78, 5) is 62.0. The summed E-state index contributed by atoms with van der Waals surface area (Å²) in [7, 11) is 0. The third-order valence-corrected chi connectivity index (χ3v) is 14.9. The minimum atomic E-state index is -0.652. The number of fused-ring (bicyclic) bond motifs is 5. The van der Waals surface area contributed by atoms with E-state index in [1.54, 1.807) is 4.90 Å². The largest absolute Gasteiger partial charge is 0.508 e. The van der Waals surface area contributed by atoms with Crippen LogP contribution in [-0.2, 0) is 27.3 Å². The molecule has 314 valence electrons. The third kappa shape index (κ3) is 6.79. The molecule has 6 heterocycles. The molecular weight excluding hydrogens is 769 g/mol. The van der Waals surface area contributed by atoms with Gasteiger partial charge in [0.2, 0.25) is 17.7 Å². The molecule has 61 heavy (non-hydrogen) atoms. The molecule has 0 radical (unpaired) electrons. The Morgan fingerprint density at radius 3 is 2.41 bits per heavy atom. The van der Waals surface area contributed by atoms with Crippen molar-refractivity contribution in [2.75, 3.05) is 68.8 Å². The number of anilines is 2. The van der Waals surface area contributed by atoms with E-state index in [4.69, 9.17) is 4.74 Å². The Morgan fingerprint density at radius 2 is 1.62 bits per heavy atom. The number of phenolic OH excluding ortho intramolecular Hbond substituents is 1. The summed E-state index contributed by atoms with van der Waals surface area (Å²) in [6, 6.07) is 29.3. The quantitative estimate of drug-likeness (QED) is 0.258. The van der Waals surface area contributed by atoms with Crippen LogP contribution in [0.4, 0.5) is 11.4 Å². The molecule has 11 rings (SSSR count). The van der Waals surface area contributed by atoms with E-state index in [2.05, 4.69) is 85.6 Å². The van der Waals surface area contributed by atoms with Crippen LogP contribution < -0.4 is 19.9 Å². The number of imide groups is 1. The van der Waals surface area contributed by atoms with Crippen LogP contribution in [0, 0.1) is 5.41 Å². The van der Waals surface area contributed by atoms with Crippen LogP contribution in [0.2, 0.25) is 0 Å². The average Bonchev–Trinajstić information content (AvgIpc) is 3.58. The van der Waals surface area contributed by atoms with E-state index in [9.17, 15) is 24.3 Å². The highest BCUT2D eigenvalue weighted by atomic mass is 16.5. The molecule has 4 fully saturated rings. The summed E-state index contributed by atoms with van der Waals surface area (Å²) < 4.78 is 6.23. The highest BCUT2D eigenvalue weighted by Crippen LogP contribution is 2.48. The molecule has 4 saturated heterocycles. The van der Waals surface area contributed by atoms with Crippen molar-refractivity contribution in [2.45, 2.75) is 69.0 Å². The summed E-state index contributed by atoms with van der Waals surface area (Å²) in [5.74, 6) is 0.915. The van der Waals surface area contributed by atoms with Crippen LogP contribution in [0.5, 0.6) is 11.5 Å². The molecular formula is C49H52N6O6. The molecule has 2 N–H and O–H groups in total. The number of hydrogen-bond acceptors (Lipinski definition) is 9. The number of likely N-dealkylation sites (tertiary alicyclic amines) is 1. The highest BCUT2D eigenvalue weighted by molar-refractivity contribution is 6.06. The second kappa shape index (κ2) is 14.9. The molecule has 0 saturated carbocycles. The van der Waals surface area contributed by atoms with Crippen LogP contribution >= 0.6 is 0 Å². The van der Waals surface area contributed by atoms with Crippen molar-refractivity contribution in [3.8, 4) is 11.5 Å². The van der Waals surface area contributed by atoms with Crippen molar-refractivity contribution in [1.82, 2.24) is 20.0 Å². The molecule has 12 nitrogen and oxygen atoms in total. The van der Waals surface area contributed by atoms with Crippen molar-refractivity contribution in [1.29, 1.82) is 0 Å². The fourth-order valence-electron chi connectivity index (χ4n) is 11.6. The van der Waals surface area contributed by atoms with E-state index < -0.39 is 11.9 Å². The Morgan fingerprint density at radius 1 is 0.820 bits per heavy atom. The lowest BCUT2D eigenvalue weighted by Gasteiger charge is -2.54. The predicted molar refractivity (Wildman–Crippen MR) is 230 cm³/mol. The monoisotopic (exact) mass is 820 g/mol. The molecule has 4 aromatic rings. The van der Waals surface area contributed by atoms with E-state index in [-0.39, 0.29) is 41.5 Å². The second-order valence-corrected chi connectivity index (χ2v) is 18.5. The number of phenols is 1. The van der Waals surface area contributed by atoms with Gasteiger partial charge < -0.3 is 29.4 Å². The minimum Gasteiger partial charge on any atom is -0.508 e. The zero-order valence-corrected chi connectivity index (χ0v) is 34.4. The second-order valence-electron chi connectivity index (χ2n) is 18.5.